The lowest BCUT2D eigenvalue weighted by molar-refractivity contribution is -0.114. The van der Waals surface area contributed by atoms with Crippen LogP contribution in [0.25, 0.3) is 0 Å². The molecule has 0 aliphatic heterocycles. The van der Waals surface area contributed by atoms with Crippen molar-refractivity contribution in [3.63, 3.8) is 0 Å². The van der Waals surface area contributed by atoms with Crippen molar-refractivity contribution in [1.29, 1.82) is 0 Å². The molecule has 0 unspecified atom stereocenters. The van der Waals surface area contributed by atoms with Crippen molar-refractivity contribution >= 4 is 23.0 Å². The average molecular weight is 325 g/mol. The maximum atomic E-state index is 12.1. The van der Waals surface area contributed by atoms with E-state index in [9.17, 15) is 4.79 Å². The van der Waals surface area contributed by atoms with Crippen molar-refractivity contribution in [2.75, 3.05) is 35.2 Å². The Bertz CT molecular complexity index is 693. The second-order valence-corrected chi connectivity index (χ2v) is 5.89. The molecule has 0 aliphatic rings. The zero-order valence-corrected chi connectivity index (χ0v) is 15.0. The molecule has 4 nitrogen and oxygen atoms in total. The van der Waals surface area contributed by atoms with E-state index in [0.29, 0.717) is 0 Å². The van der Waals surface area contributed by atoms with Gasteiger partial charge in [-0.1, -0.05) is 18.2 Å². The van der Waals surface area contributed by atoms with E-state index in [1.807, 2.05) is 37.3 Å². The summed E-state index contributed by atoms with van der Waals surface area (Å²) in [6, 6.07) is 14.1. The van der Waals surface area contributed by atoms with Crippen molar-refractivity contribution in [2.45, 2.75) is 27.7 Å². The predicted molar refractivity (Wildman–Crippen MR) is 103 cm³/mol. The molecule has 2 aromatic rings. The molecule has 0 heterocycles. The number of nitrogens with zero attached hydrogens (tertiary/aromatic N) is 1. The van der Waals surface area contributed by atoms with Crippen molar-refractivity contribution in [3.8, 4) is 0 Å². The molecule has 2 rings (SSSR count). The Morgan fingerprint density at radius 2 is 1.67 bits per heavy atom. The number of anilines is 3. The molecule has 0 fully saturated rings. The van der Waals surface area contributed by atoms with Crippen molar-refractivity contribution in [2.24, 2.45) is 0 Å². The van der Waals surface area contributed by atoms with Crippen LogP contribution >= 0.6 is 0 Å². The number of nitrogens with one attached hydrogen (secondary N) is 2. The zero-order valence-electron chi connectivity index (χ0n) is 15.0. The number of hydrogen-bond acceptors (Lipinski definition) is 3. The minimum atomic E-state index is -0.0449. The molecule has 0 atom stereocenters. The smallest absolute Gasteiger partial charge is 0.243 e. The monoisotopic (exact) mass is 325 g/mol. The fraction of sp³-hybridized carbons (Fsp3) is 0.350. The molecule has 2 N–H and O–H groups in total. The molecule has 24 heavy (non-hydrogen) atoms. The van der Waals surface area contributed by atoms with Crippen LogP contribution in [0.5, 0.6) is 0 Å². The first-order chi connectivity index (χ1) is 11.5. The first-order valence-corrected chi connectivity index (χ1v) is 8.50. The van der Waals surface area contributed by atoms with E-state index in [-0.39, 0.29) is 12.5 Å². The normalized spacial score (nSPS) is 10.3. The number of carbonyl (C=O) groups is 1. The van der Waals surface area contributed by atoms with Gasteiger partial charge in [0.1, 0.15) is 0 Å². The van der Waals surface area contributed by atoms with Crippen LogP contribution in [0.15, 0.2) is 42.5 Å². The minimum Gasteiger partial charge on any atom is -0.376 e. The van der Waals surface area contributed by atoms with Gasteiger partial charge in [-0.05, 0) is 63.1 Å². The quantitative estimate of drug-likeness (QED) is 0.802. The molecule has 4 heteroatoms. The summed E-state index contributed by atoms with van der Waals surface area (Å²) in [6.45, 7) is 10.6. The predicted octanol–water partition coefficient (Wildman–Crippen LogP) is 4.20. The molecule has 0 saturated heterocycles. The topological polar surface area (TPSA) is 44.4 Å². The summed E-state index contributed by atoms with van der Waals surface area (Å²) in [5.41, 5.74) is 5.27. The van der Waals surface area contributed by atoms with Gasteiger partial charge >= 0.3 is 0 Å². The number of hydrogen-bond donors (Lipinski definition) is 2. The summed E-state index contributed by atoms with van der Waals surface area (Å²) in [7, 11) is 0. The average Bonchev–Trinajstić information content (AvgIpc) is 2.57. The molecule has 0 aromatic heterocycles. The van der Waals surface area contributed by atoms with Gasteiger partial charge in [-0.15, -0.1) is 0 Å². The molecular weight excluding hydrogens is 298 g/mol. The first kappa shape index (κ1) is 17.9. The van der Waals surface area contributed by atoms with Crippen LogP contribution in [0, 0.1) is 13.8 Å². The van der Waals surface area contributed by atoms with Crippen LogP contribution in [-0.4, -0.2) is 25.5 Å². The summed E-state index contributed by atoms with van der Waals surface area (Å²) in [4.78, 5) is 14.4. The second kappa shape index (κ2) is 8.39. The lowest BCUT2D eigenvalue weighted by Gasteiger charge is -2.22. The lowest BCUT2D eigenvalue weighted by atomic mass is 10.1. The van der Waals surface area contributed by atoms with Gasteiger partial charge in [0.15, 0.2) is 0 Å². The Morgan fingerprint density at radius 3 is 2.29 bits per heavy atom. The van der Waals surface area contributed by atoms with Gasteiger partial charge in [-0.2, -0.15) is 0 Å². The summed E-state index contributed by atoms with van der Waals surface area (Å²) in [6.07, 6.45) is 0. The van der Waals surface area contributed by atoms with Crippen LogP contribution in [0.1, 0.15) is 25.0 Å². The van der Waals surface area contributed by atoms with E-state index in [1.54, 1.807) is 0 Å². The Balaban J connectivity index is 1.96. The van der Waals surface area contributed by atoms with Crippen LogP contribution in [0.2, 0.25) is 0 Å². The highest BCUT2D eigenvalue weighted by molar-refractivity contribution is 5.94. The highest BCUT2D eigenvalue weighted by Crippen LogP contribution is 2.22. The Labute approximate surface area is 144 Å². The van der Waals surface area contributed by atoms with Gasteiger partial charge in [0, 0.05) is 30.2 Å². The number of benzene rings is 2. The third-order valence-electron chi connectivity index (χ3n) is 4.20. The lowest BCUT2D eigenvalue weighted by Crippen LogP contribution is -2.23. The highest BCUT2D eigenvalue weighted by Gasteiger charge is 2.07. The van der Waals surface area contributed by atoms with E-state index < -0.39 is 0 Å². The van der Waals surface area contributed by atoms with E-state index in [4.69, 9.17) is 0 Å². The molecule has 2 aromatic carbocycles. The Kier molecular flexibility index (Phi) is 6.24. The van der Waals surface area contributed by atoms with Crippen molar-refractivity contribution < 1.29 is 4.79 Å². The summed E-state index contributed by atoms with van der Waals surface area (Å²) in [5.74, 6) is -0.0449. The van der Waals surface area contributed by atoms with Gasteiger partial charge in [0.2, 0.25) is 5.91 Å². The van der Waals surface area contributed by atoms with Gasteiger partial charge in [-0.25, -0.2) is 0 Å². The van der Waals surface area contributed by atoms with Gasteiger partial charge in [0.25, 0.3) is 0 Å². The third kappa shape index (κ3) is 4.51. The van der Waals surface area contributed by atoms with E-state index >= 15 is 0 Å². The maximum Gasteiger partial charge on any atom is 0.243 e. The molecule has 0 saturated carbocycles. The van der Waals surface area contributed by atoms with Crippen molar-refractivity contribution in [1.82, 2.24) is 0 Å². The molecule has 1 amide bonds. The number of carbonyl (C=O) groups excluding carboxylic acids is 1. The van der Waals surface area contributed by atoms with Crippen LogP contribution in [0.3, 0.4) is 0 Å². The first-order valence-electron chi connectivity index (χ1n) is 8.50. The molecule has 0 aliphatic carbocycles. The van der Waals surface area contributed by atoms with Crippen molar-refractivity contribution in [3.05, 3.63) is 53.6 Å². The highest BCUT2D eigenvalue weighted by atomic mass is 16.1. The molecular formula is C20H27N3O. The summed E-state index contributed by atoms with van der Waals surface area (Å²) < 4.78 is 0. The maximum absolute atomic E-state index is 12.1. The fourth-order valence-corrected chi connectivity index (χ4v) is 2.71. The number of amides is 1. The molecule has 0 radical (unpaired) electrons. The van der Waals surface area contributed by atoms with E-state index in [1.165, 1.54) is 5.69 Å². The number of aryl methyl sites for hydroxylation is 2. The zero-order chi connectivity index (χ0) is 17.5. The number of para-hydroxylation sites is 1. The molecule has 0 spiro atoms. The van der Waals surface area contributed by atoms with E-state index in [0.717, 1.165) is 35.6 Å². The Morgan fingerprint density at radius 1 is 0.958 bits per heavy atom. The summed E-state index contributed by atoms with van der Waals surface area (Å²) >= 11 is 0. The standard InChI is InChI=1S/C20H27N3O/c1-5-23(6-2)17-11-12-18(16(4)13-17)21-14-20(24)22-19-10-8-7-9-15(19)3/h7-13,21H,5-6,14H2,1-4H3,(H,22,24). The minimum absolute atomic E-state index is 0.0449. The summed E-state index contributed by atoms with van der Waals surface area (Å²) in [5, 5.41) is 6.16. The van der Waals surface area contributed by atoms with Crippen LogP contribution in [-0.2, 0) is 4.79 Å². The largest absolute Gasteiger partial charge is 0.376 e. The van der Waals surface area contributed by atoms with Gasteiger partial charge in [-0.3, -0.25) is 4.79 Å². The van der Waals surface area contributed by atoms with Gasteiger partial charge in [0.05, 0.1) is 6.54 Å². The van der Waals surface area contributed by atoms with E-state index in [2.05, 4.69) is 48.4 Å². The van der Waals surface area contributed by atoms with Gasteiger partial charge < -0.3 is 15.5 Å². The number of rotatable bonds is 7. The second-order valence-electron chi connectivity index (χ2n) is 5.89. The fourth-order valence-electron chi connectivity index (χ4n) is 2.71. The third-order valence-corrected chi connectivity index (χ3v) is 4.20. The Hall–Kier alpha value is -2.49. The molecule has 0 bridgehead atoms. The molecule has 128 valence electrons. The SMILES string of the molecule is CCN(CC)c1ccc(NCC(=O)Nc2ccccc2C)c(C)c1. The van der Waals surface area contributed by atoms with Crippen LogP contribution < -0.4 is 15.5 Å². The van der Waals surface area contributed by atoms with Crippen LogP contribution in [0.4, 0.5) is 17.1 Å².